The summed E-state index contributed by atoms with van der Waals surface area (Å²) in [5, 5.41) is 14.2. The fraction of sp³-hybridized carbons (Fsp3) is 0.667. The number of aromatic nitrogens is 1. The summed E-state index contributed by atoms with van der Waals surface area (Å²) in [7, 11) is 0. The van der Waals surface area contributed by atoms with Crippen LogP contribution in [0.2, 0.25) is 0 Å². The van der Waals surface area contributed by atoms with Crippen LogP contribution in [0.25, 0.3) is 0 Å². The molecule has 4 heteroatoms. The van der Waals surface area contributed by atoms with Gasteiger partial charge in [-0.25, -0.2) is 0 Å². The van der Waals surface area contributed by atoms with Gasteiger partial charge in [-0.1, -0.05) is 6.42 Å². The fourth-order valence-corrected chi connectivity index (χ4v) is 2.65. The maximum Gasteiger partial charge on any atom is 0.137 e. The number of hydrogen-bond acceptors (Lipinski definition) is 4. The molecular formula is C15H24N2O2. The number of hydrogen-bond donors (Lipinski definition) is 2. The van der Waals surface area contributed by atoms with Crippen LogP contribution in [0.4, 0.5) is 0 Å². The molecule has 2 rings (SSSR count). The Labute approximate surface area is 115 Å². The molecular weight excluding hydrogens is 240 g/mol. The average molecular weight is 264 g/mol. The van der Waals surface area contributed by atoms with E-state index in [1.807, 2.05) is 19.9 Å². The topological polar surface area (TPSA) is 54.4 Å². The summed E-state index contributed by atoms with van der Waals surface area (Å²) in [5.74, 6) is 0.719. The zero-order chi connectivity index (χ0) is 13.7. The minimum atomic E-state index is -0.866. The third-order valence-electron chi connectivity index (χ3n) is 3.70. The first-order chi connectivity index (χ1) is 9.12. The molecule has 0 radical (unpaired) electrons. The molecule has 2 N–H and O–H groups in total. The Morgan fingerprint density at radius 2 is 2.32 bits per heavy atom. The van der Waals surface area contributed by atoms with Gasteiger partial charge in [0.25, 0.3) is 0 Å². The molecule has 2 unspecified atom stereocenters. The second-order valence-electron chi connectivity index (χ2n) is 5.47. The van der Waals surface area contributed by atoms with Crippen LogP contribution < -0.4 is 10.1 Å². The molecule has 0 bridgehead atoms. The highest BCUT2D eigenvalue weighted by atomic mass is 16.5. The van der Waals surface area contributed by atoms with Crippen molar-refractivity contribution in [3.05, 3.63) is 24.0 Å². The lowest BCUT2D eigenvalue weighted by molar-refractivity contribution is 0.0326. The van der Waals surface area contributed by atoms with Crippen LogP contribution in [0.15, 0.2) is 18.5 Å². The number of aliphatic hydroxyl groups is 1. The summed E-state index contributed by atoms with van der Waals surface area (Å²) in [6.07, 6.45) is 7.73. The molecule has 1 aromatic rings. The van der Waals surface area contributed by atoms with Gasteiger partial charge in [0, 0.05) is 17.8 Å². The van der Waals surface area contributed by atoms with E-state index in [4.69, 9.17) is 4.74 Å². The molecule has 0 aromatic carbocycles. The standard InChI is InChI=1S/C15H24N2O2/c1-3-19-14-8-12(10-16-11-14)15(2,18)9-13-6-4-5-7-17-13/h8,10-11,13,17-18H,3-7,9H2,1-2H3. The van der Waals surface area contributed by atoms with Crippen LogP contribution in [0.3, 0.4) is 0 Å². The lowest BCUT2D eigenvalue weighted by atomic mass is 9.87. The van der Waals surface area contributed by atoms with E-state index in [1.165, 1.54) is 12.8 Å². The Hall–Kier alpha value is -1.13. The van der Waals surface area contributed by atoms with Gasteiger partial charge in [-0.05, 0) is 45.7 Å². The van der Waals surface area contributed by atoms with Gasteiger partial charge in [0.05, 0.1) is 18.4 Å². The summed E-state index contributed by atoms with van der Waals surface area (Å²) >= 11 is 0. The molecule has 19 heavy (non-hydrogen) atoms. The van der Waals surface area contributed by atoms with E-state index in [0.29, 0.717) is 19.1 Å². The number of ether oxygens (including phenoxy) is 1. The molecule has 2 heterocycles. The number of piperidine rings is 1. The molecule has 1 aliphatic rings. The summed E-state index contributed by atoms with van der Waals surface area (Å²) in [4.78, 5) is 4.16. The fourth-order valence-electron chi connectivity index (χ4n) is 2.65. The van der Waals surface area contributed by atoms with Crippen molar-refractivity contribution >= 4 is 0 Å². The molecule has 1 aliphatic heterocycles. The first-order valence-electron chi connectivity index (χ1n) is 7.16. The first-order valence-corrected chi connectivity index (χ1v) is 7.16. The van der Waals surface area contributed by atoms with Crippen molar-refractivity contribution in [1.29, 1.82) is 0 Å². The Morgan fingerprint density at radius 3 is 3.00 bits per heavy atom. The quantitative estimate of drug-likeness (QED) is 0.856. The van der Waals surface area contributed by atoms with Gasteiger partial charge in [0.1, 0.15) is 5.75 Å². The molecule has 2 atom stereocenters. The van der Waals surface area contributed by atoms with Gasteiger partial charge in [0.2, 0.25) is 0 Å². The second kappa shape index (κ2) is 6.35. The normalized spacial score (nSPS) is 22.8. The maximum atomic E-state index is 10.7. The summed E-state index contributed by atoms with van der Waals surface area (Å²) in [6, 6.07) is 2.28. The van der Waals surface area contributed by atoms with Crippen molar-refractivity contribution in [3.8, 4) is 5.75 Å². The summed E-state index contributed by atoms with van der Waals surface area (Å²) in [6.45, 7) is 5.46. The van der Waals surface area contributed by atoms with Gasteiger partial charge in [-0.15, -0.1) is 0 Å². The molecule has 4 nitrogen and oxygen atoms in total. The zero-order valence-electron chi connectivity index (χ0n) is 11.9. The molecule has 1 aromatic heterocycles. The Morgan fingerprint density at radius 1 is 1.47 bits per heavy atom. The van der Waals surface area contributed by atoms with Crippen molar-refractivity contribution in [1.82, 2.24) is 10.3 Å². The predicted octanol–water partition coefficient (Wildman–Crippen LogP) is 2.22. The SMILES string of the molecule is CCOc1cncc(C(C)(O)CC2CCCCN2)c1. The lowest BCUT2D eigenvalue weighted by Gasteiger charge is -2.31. The Bertz CT molecular complexity index is 401. The van der Waals surface area contributed by atoms with Crippen molar-refractivity contribution in [2.45, 2.75) is 51.2 Å². The monoisotopic (exact) mass is 264 g/mol. The highest BCUT2D eigenvalue weighted by Gasteiger charge is 2.28. The Kier molecular flexibility index (Phi) is 4.77. The highest BCUT2D eigenvalue weighted by molar-refractivity contribution is 5.27. The van der Waals surface area contributed by atoms with Gasteiger partial charge in [0.15, 0.2) is 0 Å². The van der Waals surface area contributed by atoms with Gasteiger partial charge in [-0.2, -0.15) is 0 Å². The number of pyridine rings is 1. The number of nitrogens with zero attached hydrogens (tertiary/aromatic N) is 1. The highest BCUT2D eigenvalue weighted by Crippen LogP contribution is 2.29. The van der Waals surface area contributed by atoms with Crippen LogP contribution in [0.1, 0.15) is 45.1 Å². The minimum absolute atomic E-state index is 0.388. The van der Waals surface area contributed by atoms with E-state index in [-0.39, 0.29) is 0 Å². The number of nitrogens with one attached hydrogen (secondary N) is 1. The molecule has 0 spiro atoms. The van der Waals surface area contributed by atoms with Crippen molar-refractivity contribution < 1.29 is 9.84 Å². The smallest absolute Gasteiger partial charge is 0.137 e. The summed E-state index contributed by atoms with van der Waals surface area (Å²) < 4.78 is 5.44. The van der Waals surface area contributed by atoms with Gasteiger partial charge >= 0.3 is 0 Å². The van der Waals surface area contributed by atoms with Crippen molar-refractivity contribution in [3.63, 3.8) is 0 Å². The molecule has 1 fully saturated rings. The Balaban J connectivity index is 2.06. The molecule has 106 valence electrons. The zero-order valence-corrected chi connectivity index (χ0v) is 11.9. The van der Waals surface area contributed by atoms with E-state index in [9.17, 15) is 5.11 Å². The van der Waals surface area contributed by atoms with Crippen molar-refractivity contribution in [2.75, 3.05) is 13.2 Å². The largest absolute Gasteiger partial charge is 0.492 e. The van der Waals surface area contributed by atoms with Gasteiger partial charge < -0.3 is 15.2 Å². The van der Waals surface area contributed by atoms with Crippen LogP contribution >= 0.6 is 0 Å². The van der Waals surface area contributed by atoms with E-state index in [1.54, 1.807) is 12.4 Å². The maximum absolute atomic E-state index is 10.7. The van der Waals surface area contributed by atoms with Crippen molar-refractivity contribution in [2.24, 2.45) is 0 Å². The predicted molar refractivity (Wildman–Crippen MR) is 75.2 cm³/mol. The molecule has 1 saturated heterocycles. The van der Waals surface area contributed by atoms with Gasteiger partial charge in [-0.3, -0.25) is 4.98 Å². The summed E-state index contributed by atoms with van der Waals surface area (Å²) in [5.41, 5.74) is -0.0411. The van der Waals surface area contributed by atoms with Crippen LogP contribution in [-0.2, 0) is 5.60 Å². The van der Waals surface area contributed by atoms with E-state index < -0.39 is 5.60 Å². The third kappa shape index (κ3) is 3.91. The first kappa shape index (κ1) is 14.3. The van der Waals surface area contributed by atoms with Crippen LogP contribution in [0, 0.1) is 0 Å². The molecule has 0 amide bonds. The number of rotatable bonds is 5. The third-order valence-corrected chi connectivity index (χ3v) is 3.70. The second-order valence-corrected chi connectivity index (χ2v) is 5.47. The van der Waals surface area contributed by atoms with E-state index >= 15 is 0 Å². The molecule has 0 saturated carbocycles. The average Bonchev–Trinajstić information content (AvgIpc) is 2.40. The lowest BCUT2D eigenvalue weighted by Crippen LogP contribution is -2.39. The van der Waals surface area contributed by atoms with E-state index in [0.717, 1.165) is 24.3 Å². The minimum Gasteiger partial charge on any atom is -0.492 e. The van der Waals surface area contributed by atoms with Crippen LogP contribution in [0.5, 0.6) is 5.75 Å². The molecule has 0 aliphatic carbocycles. The van der Waals surface area contributed by atoms with E-state index in [2.05, 4.69) is 10.3 Å². The van der Waals surface area contributed by atoms with Crippen LogP contribution in [-0.4, -0.2) is 29.3 Å².